The molecule has 0 bridgehead atoms. The SMILES string of the molecule is CCc1ccc(NC(=O)C2=C(C)c3cc(OC)c(OC)cc3N(Cc3ccccc3)S2(=O)=O)cc1. The van der Waals surface area contributed by atoms with Crippen molar-refractivity contribution in [3.8, 4) is 11.5 Å². The van der Waals surface area contributed by atoms with Crippen LogP contribution in [-0.4, -0.2) is 28.5 Å². The van der Waals surface area contributed by atoms with Gasteiger partial charge in [0.05, 0.1) is 26.5 Å². The summed E-state index contributed by atoms with van der Waals surface area (Å²) in [6, 6.07) is 19.9. The normalized spacial score (nSPS) is 14.3. The predicted octanol–water partition coefficient (Wildman–Crippen LogP) is 4.99. The summed E-state index contributed by atoms with van der Waals surface area (Å²) in [6.07, 6.45) is 0.864. The summed E-state index contributed by atoms with van der Waals surface area (Å²) in [5.41, 5.74) is 3.77. The number of hydrogen-bond acceptors (Lipinski definition) is 5. The lowest BCUT2D eigenvalue weighted by molar-refractivity contribution is -0.112. The summed E-state index contributed by atoms with van der Waals surface area (Å²) >= 11 is 0. The number of fused-ring (bicyclic) bond motifs is 1. The van der Waals surface area contributed by atoms with Gasteiger partial charge in [-0.05, 0) is 48.2 Å². The number of ether oxygens (including phenoxy) is 2. The Labute approximate surface area is 206 Å². The van der Waals surface area contributed by atoms with Crippen molar-refractivity contribution >= 4 is 32.9 Å². The van der Waals surface area contributed by atoms with Gasteiger partial charge in [-0.15, -0.1) is 0 Å². The number of anilines is 2. The number of carbonyl (C=O) groups excluding carboxylic acids is 1. The van der Waals surface area contributed by atoms with Crippen LogP contribution in [0, 0.1) is 0 Å². The molecule has 0 saturated carbocycles. The predicted molar refractivity (Wildman–Crippen MR) is 138 cm³/mol. The van der Waals surface area contributed by atoms with Crippen molar-refractivity contribution in [1.29, 1.82) is 0 Å². The number of benzene rings is 3. The first kappa shape index (κ1) is 24.3. The molecule has 182 valence electrons. The van der Waals surface area contributed by atoms with E-state index in [0.29, 0.717) is 34.0 Å². The van der Waals surface area contributed by atoms with Crippen molar-refractivity contribution in [1.82, 2.24) is 0 Å². The molecule has 35 heavy (non-hydrogen) atoms. The maximum atomic E-state index is 13.9. The van der Waals surface area contributed by atoms with E-state index in [1.165, 1.54) is 18.5 Å². The minimum absolute atomic E-state index is 0.0565. The number of aryl methyl sites for hydroxylation is 1. The third-order valence-electron chi connectivity index (χ3n) is 6.06. The van der Waals surface area contributed by atoms with Gasteiger partial charge in [-0.1, -0.05) is 49.4 Å². The zero-order valence-electron chi connectivity index (χ0n) is 20.2. The van der Waals surface area contributed by atoms with Crippen LogP contribution in [0.15, 0.2) is 71.6 Å². The standard InChI is InChI=1S/C27H28N2O5S/c1-5-19-11-13-21(14-12-19)28-27(30)26-18(2)22-15-24(33-3)25(34-4)16-23(22)29(35(26,31)32)17-20-9-7-6-8-10-20/h6-16H,5,17H2,1-4H3,(H,28,30). The van der Waals surface area contributed by atoms with Gasteiger partial charge in [0.15, 0.2) is 16.4 Å². The lowest BCUT2D eigenvalue weighted by atomic mass is 10.0. The third-order valence-corrected chi connectivity index (χ3v) is 7.97. The van der Waals surface area contributed by atoms with Crippen LogP contribution in [0.3, 0.4) is 0 Å². The van der Waals surface area contributed by atoms with E-state index in [1.54, 1.807) is 31.2 Å². The number of sulfonamides is 1. The number of allylic oxidation sites excluding steroid dienone is 1. The highest BCUT2D eigenvalue weighted by atomic mass is 32.2. The van der Waals surface area contributed by atoms with Crippen molar-refractivity contribution in [2.75, 3.05) is 23.8 Å². The van der Waals surface area contributed by atoms with E-state index >= 15 is 0 Å². The Hall–Kier alpha value is -3.78. The Balaban J connectivity index is 1.85. The maximum Gasteiger partial charge on any atom is 0.270 e. The van der Waals surface area contributed by atoms with Crippen LogP contribution in [0.25, 0.3) is 5.57 Å². The second-order valence-corrected chi connectivity index (χ2v) is 9.98. The van der Waals surface area contributed by atoms with E-state index in [2.05, 4.69) is 5.32 Å². The van der Waals surface area contributed by atoms with Gasteiger partial charge >= 0.3 is 0 Å². The van der Waals surface area contributed by atoms with Crippen molar-refractivity contribution in [2.24, 2.45) is 0 Å². The molecule has 0 saturated heterocycles. The van der Waals surface area contributed by atoms with E-state index < -0.39 is 15.9 Å². The topological polar surface area (TPSA) is 84.9 Å². The van der Waals surface area contributed by atoms with Crippen LogP contribution in [0.4, 0.5) is 11.4 Å². The molecule has 7 nitrogen and oxygen atoms in total. The number of amides is 1. The molecular weight excluding hydrogens is 464 g/mol. The van der Waals surface area contributed by atoms with Crippen molar-refractivity contribution in [3.63, 3.8) is 0 Å². The molecule has 0 atom stereocenters. The van der Waals surface area contributed by atoms with Gasteiger partial charge in [0.1, 0.15) is 0 Å². The second-order valence-electron chi connectivity index (χ2n) is 8.18. The molecule has 4 rings (SSSR count). The Morgan fingerprint density at radius 3 is 2.14 bits per heavy atom. The Kier molecular flexibility index (Phi) is 6.84. The van der Waals surface area contributed by atoms with E-state index in [1.807, 2.05) is 49.4 Å². The van der Waals surface area contributed by atoms with Crippen molar-refractivity contribution in [2.45, 2.75) is 26.8 Å². The van der Waals surface area contributed by atoms with E-state index in [-0.39, 0.29) is 11.4 Å². The molecule has 0 spiro atoms. The third kappa shape index (κ3) is 4.61. The lowest BCUT2D eigenvalue weighted by Gasteiger charge is -2.33. The van der Waals surface area contributed by atoms with Crippen LogP contribution in [0.1, 0.15) is 30.5 Å². The van der Waals surface area contributed by atoms with Gasteiger partial charge in [0, 0.05) is 17.3 Å². The second kappa shape index (κ2) is 9.84. The Bertz CT molecular complexity index is 1380. The molecule has 3 aromatic carbocycles. The smallest absolute Gasteiger partial charge is 0.270 e. The van der Waals surface area contributed by atoms with Gasteiger partial charge < -0.3 is 14.8 Å². The van der Waals surface area contributed by atoms with Crippen molar-refractivity contribution < 1.29 is 22.7 Å². The van der Waals surface area contributed by atoms with Gasteiger partial charge in [-0.2, -0.15) is 0 Å². The van der Waals surface area contributed by atoms with Crippen LogP contribution in [0.2, 0.25) is 0 Å². The molecule has 8 heteroatoms. The summed E-state index contributed by atoms with van der Waals surface area (Å²) in [6.45, 7) is 3.73. The summed E-state index contributed by atoms with van der Waals surface area (Å²) in [4.78, 5) is 13.1. The van der Waals surface area contributed by atoms with Gasteiger partial charge in [-0.25, -0.2) is 8.42 Å². The molecular formula is C27H28N2O5S. The first-order chi connectivity index (χ1) is 16.8. The van der Waals surface area contributed by atoms with Crippen LogP contribution < -0.4 is 19.1 Å². The molecule has 0 aromatic heterocycles. The monoisotopic (exact) mass is 492 g/mol. The molecule has 1 heterocycles. The highest BCUT2D eigenvalue weighted by Gasteiger charge is 2.40. The number of nitrogens with zero attached hydrogens (tertiary/aromatic N) is 1. The molecule has 0 aliphatic carbocycles. The highest BCUT2D eigenvalue weighted by molar-refractivity contribution is 7.97. The number of rotatable bonds is 7. The number of hydrogen-bond donors (Lipinski definition) is 1. The van der Waals surface area contributed by atoms with Crippen molar-refractivity contribution in [3.05, 3.63) is 88.3 Å². The average molecular weight is 493 g/mol. The van der Waals surface area contributed by atoms with Crippen LogP contribution in [0.5, 0.6) is 11.5 Å². The fourth-order valence-corrected chi connectivity index (χ4v) is 5.88. The zero-order valence-corrected chi connectivity index (χ0v) is 21.0. The van der Waals surface area contributed by atoms with Gasteiger partial charge in [0.2, 0.25) is 0 Å². The average Bonchev–Trinajstić information content (AvgIpc) is 2.86. The number of carbonyl (C=O) groups is 1. The summed E-state index contributed by atoms with van der Waals surface area (Å²) in [5, 5.41) is 2.76. The molecule has 1 aliphatic heterocycles. The largest absolute Gasteiger partial charge is 0.493 e. The molecule has 0 radical (unpaired) electrons. The maximum absolute atomic E-state index is 13.9. The lowest BCUT2D eigenvalue weighted by Crippen LogP contribution is -2.39. The summed E-state index contributed by atoms with van der Waals surface area (Å²) in [5.74, 6) is 0.154. The highest BCUT2D eigenvalue weighted by Crippen LogP contribution is 2.45. The minimum atomic E-state index is -4.20. The van der Waals surface area contributed by atoms with Crippen LogP contribution >= 0.6 is 0 Å². The van der Waals surface area contributed by atoms with E-state index in [9.17, 15) is 13.2 Å². The molecule has 0 fully saturated rings. The van der Waals surface area contributed by atoms with E-state index in [0.717, 1.165) is 17.5 Å². The zero-order chi connectivity index (χ0) is 25.2. The summed E-state index contributed by atoms with van der Waals surface area (Å²) < 4.78 is 40.0. The first-order valence-corrected chi connectivity index (χ1v) is 12.7. The van der Waals surface area contributed by atoms with Crippen LogP contribution in [-0.2, 0) is 27.8 Å². The fourth-order valence-electron chi connectivity index (χ4n) is 4.15. The quantitative estimate of drug-likeness (QED) is 0.503. The van der Waals surface area contributed by atoms with Gasteiger partial charge in [-0.3, -0.25) is 9.10 Å². The fraction of sp³-hybridized carbons (Fsp3) is 0.222. The van der Waals surface area contributed by atoms with Gasteiger partial charge in [0.25, 0.3) is 15.9 Å². The molecule has 0 unspecified atom stereocenters. The Morgan fingerprint density at radius 1 is 0.914 bits per heavy atom. The molecule has 3 aromatic rings. The Morgan fingerprint density at radius 2 is 1.54 bits per heavy atom. The summed E-state index contributed by atoms with van der Waals surface area (Å²) in [7, 11) is -1.19. The minimum Gasteiger partial charge on any atom is -0.493 e. The number of methoxy groups -OCH3 is 2. The molecule has 1 N–H and O–H groups in total. The van der Waals surface area contributed by atoms with E-state index in [4.69, 9.17) is 9.47 Å². The molecule has 1 amide bonds. The first-order valence-electron chi connectivity index (χ1n) is 11.2. The molecule has 1 aliphatic rings. The number of nitrogens with one attached hydrogen (secondary N) is 1.